The van der Waals surface area contributed by atoms with Gasteiger partial charge in [0.05, 0.1) is 11.1 Å². The molecule has 1 atom stereocenters. The number of carbonyl (C=O) groups excluding carboxylic acids is 2. The molecule has 2 aromatic carbocycles. The van der Waals surface area contributed by atoms with Crippen LogP contribution in [0.4, 0.5) is 0 Å². The molecule has 0 saturated heterocycles. The maximum Gasteiger partial charge on any atom is 0.327 e. The molecule has 6 nitrogen and oxygen atoms in total. The maximum atomic E-state index is 13.1. The second kappa shape index (κ2) is 7.64. The van der Waals surface area contributed by atoms with Crippen LogP contribution in [0, 0.1) is 0 Å². The second-order valence-electron chi connectivity index (χ2n) is 6.40. The standard InChI is InChI=1S/C19H10Br4N2O4/c20-13-11-12(14(21)16(23)15(13)22)18(27)25(17(11)26)10(19(28)29)5-7-6-24-9-4-2-1-3-8(7)9/h1-4,6,10,24H,5H2,(H,28,29). The number of halogens is 4. The van der Waals surface area contributed by atoms with Crippen molar-refractivity contribution in [2.45, 2.75) is 12.5 Å². The molecule has 0 radical (unpaired) electrons. The molecule has 0 saturated carbocycles. The Morgan fingerprint density at radius 1 is 0.966 bits per heavy atom. The minimum absolute atomic E-state index is 0.0115. The Bertz CT molecular complexity index is 1170. The average Bonchev–Trinajstić information content (AvgIpc) is 3.21. The van der Waals surface area contributed by atoms with Crippen molar-refractivity contribution in [2.24, 2.45) is 0 Å². The van der Waals surface area contributed by atoms with E-state index in [0.29, 0.717) is 23.5 Å². The molecule has 0 bridgehead atoms. The Labute approximate surface area is 198 Å². The van der Waals surface area contributed by atoms with Gasteiger partial charge in [-0.3, -0.25) is 14.5 Å². The number of aromatic amines is 1. The van der Waals surface area contributed by atoms with E-state index in [2.05, 4.69) is 68.7 Å². The number of para-hydroxylation sites is 1. The topological polar surface area (TPSA) is 90.5 Å². The lowest BCUT2D eigenvalue weighted by Crippen LogP contribution is -2.46. The maximum absolute atomic E-state index is 13.1. The van der Waals surface area contributed by atoms with Crippen molar-refractivity contribution in [1.82, 2.24) is 9.88 Å². The zero-order chi connectivity index (χ0) is 21.0. The van der Waals surface area contributed by atoms with Crippen molar-refractivity contribution in [3.05, 3.63) is 65.0 Å². The van der Waals surface area contributed by atoms with E-state index in [-0.39, 0.29) is 17.5 Å². The number of hydrogen-bond donors (Lipinski definition) is 2. The van der Waals surface area contributed by atoms with Crippen molar-refractivity contribution in [1.29, 1.82) is 0 Å². The van der Waals surface area contributed by atoms with E-state index in [9.17, 15) is 19.5 Å². The zero-order valence-corrected chi connectivity index (χ0v) is 20.6. The minimum atomic E-state index is -1.35. The van der Waals surface area contributed by atoms with Crippen LogP contribution in [0.1, 0.15) is 26.3 Å². The van der Waals surface area contributed by atoms with E-state index in [0.717, 1.165) is 15.8 Å². The van der Waals surface area contributed by atoms with Gasteiger partial charge in [-0.1, -0.05) is 18.2 Å². The molecule has 1 unspecified atom stereocenters. The number of carboxylic acids is 1. The minimum Gasteiger partial charge on any atom is -0.480 e. The molecule has 148 valence electrons. The molecule has 0 fully saturated rings. The van der Waals surface area contributed by atoms with Gasteiger partial charge in [0.25, 0.3) is 11.8 Å². The Morgan fingerprint density at radius 2 is 1.52 bits per heavy atom. The van der Waals surface area contributed by atoms with Gasteiger partial charge in [0, 0.05) is 41.4 Å². The second-order valence-corrected chi connectivity index (χ2v) is 9.58. The SMILES string of the molecule is O=C(O)C(Cc1c[nH]c2ccccc12)N1C(=O)c2c(Br)c(Br)c(Br)c(Br)c2C1=O. The van der Waals surface area contributed by atoms with Gasteiger partial charge >= 0.3 is 5.97 Å². The molecule has 1 aliphatic heterocycles. The van der Waals surface area contributed by atoms with E-state index in [4.69, 9.17) is 0 Å². The molecule has 0 aliphatic carbocycles. The number of imide groups is 1. The first-order valence-corrected chi connectivity index (χ1v) is 11.4. The van der Waals surface area contributed by atoms with Gasteiger partial charge in [-0.15, -0.1) is 0 Å². The highest BCUT2D eigenvalue weighted by atomic mass is 79.9. The predicted molar refractivity (Wildman–Crippen MR) is 121 cm³/mol. The summed E-state index contributed by atoms with van der Waals surface area (Å²) in [5.74, 6) is -2.56. The first kappa shape index (κ1) is 20.8. The highest BCUT2D eigenvalue weighted by Crippen LogP contribution is 2.45. The van der Waals surface area contributed by atoms with Crippen LogP contribution in [0.3, 0.4) is 0 Å². The van der Waals surface area contributed by atoms with Crippen molar-refractivity contribution in [3.63, 3.8) is 0 Å². The summed E-state index contributed by atoms with van der Waals surface area (Å²) < 4.78 is 1.88. The smallest absolute Gasteiger partial charge is 0.327 e. The van der Waals surface area contributed by atoms with Crippen molar-refractivity contribution < 1.29 is 19.5 Å². The molecule has 1 aromatic heterocycles. The monoisotopic (exact) mass is 646 g/mol. The number of aromatic nitrogens is 1. The fourth-order valence-electron chi connectivity index (χ4n) is 3.45. The lowest BCUT2D eigenvalue weighted by Gasteiger charge is -2.22. The number of hydrogen-bond acceptors (Lipinski definition) is 3. The van der Waals surface area contributed by atoms with Gasteiger partial charge < -0.3 is 10.1 Å². The molecule has 3 aromatic rings. The zero-order valence-electron chi connectivity index (χ0n) is 14.3. The molecule has 4 rings (SSSR count). The molecule has 1 aliphatic rings. The summed E-state index contributed by atoms with van der Waals surface area (Å²) in [6.07, 6.45) is 1.69. The highest BCUT2D eigenvalue weighted by molar-refractivity contribution is 9.15. The van der Waals surface area contributed by atoms with E-state index in [1.807, 2.05) is 24.3 Å². The molecule has 10 heteroatoms. The summed E-state index contributed by atoms with van der Waals surface area (Å²) in [5.41, 5.74) is 1.82. The Morgan fingerprint density at radius 3 is 2.07 bits per heavy atom. The number of amides is 2. The first-order valence-electron chi connectivity index (χ1n) is 8.25. The van der Waals surface area contributed by atoms with Gasteiger partial charge in [0.15, 0.2) is 0 Å². The molecule has 0 spiro atoms. The first-order chi connectivity index (χ1) is 13.7. The fraction of sp³-hybridized carbons (Fsp3) is 0.105. The lowest BCUT2D eigenvalue weighted by atomic mass is 10.0. The molecule has 2 N–H and O–H groups in total. The molecule has 2 heterocycles. The number of carboxylic acid groups (broad SMARTS) is 1. The van der Waals surface area contributed by atoms with Gasteiger partial charge in [0.1, 0.15) is 6.04 Å². The highest BCUT2D eigenvalue weighted by Gasteiger charge is 2.46. The number of fused-ring (bicyclic) bond motifs is 2. The van der Waals surface area contributed by atoms with Gasteiger partial charge in [-0.25, -0.2) is 4.79 Å². The van der Waals surface area contributed by atoms with Crippen molar-refractivity contribution in [3.8, 4) is 0 Å². The van der Waals surface area contributed by atoms with E-state index < -0.39 is 23.8 Å². The third-order valence-electron chi connectivity index (χ3n) is 4.82. The van der Waals surface area contributed by atoms with Crippen LogP contribution in [0.15, 0.2) is 48.4 Å². The predicted octanol–water partition coefficient (Wildman–Crippen LogP) is 5.51. The van der Waals surface area contributed by atoms with E-state index in [1.54, 1.807) is 6.20 Å². The normalized spacial score (nSPS) is 14.6. The number of H-pyrrole nitrogens is 1. The number of rotatable bonds is 4. The van der Waals surface area contributed by atoms with E-state index in [1.165, 1.54) is 0 Å². The lowest BCUT2D eigenvalue weighted by molar-refractivity contribution is -0.141. The quantitative estimate of drug-likeness (QED) is 0.222. The summed E-state index contributed by atoms with van der Waals surface area (Å²) in [5, 5.41) is 10.7. The number of benzene rings is 2. The molecular weight excluding hydrogens is 640 g/mol. The van der Waals surface area contributed by atoms with Gasteiger partial charge in [-0.05, 0) is 75.3 Å². The fourth-order valence-corrected chi connectivity index (χ4v) is 5.90. The van der Waals surface area contributed by atoms with Crippen molar-refractivity contribution >= 4 is 92.4 Å². The Balaban J connectivity index is 1.80. The van der Waals surface area contributed by atoms with Crippen LogP contribution in [0.2, 0.25) is 0 Å². The van der Waals surface area contributed by atoms with E-state index >= 15 is 0 Å². The summed E-state index contributed by atoms with van der Waals surface area (Å²) in [6.45, 7) is 0. The van der Waals surface area contributed by atoms with Crippen LogP contribution in [-0.4, -0.2) is 38.8 Å². The number of carbonyl (C=O) groups is 3. The summed E-state index contributed by atoms with van der Waals surface area (Å²) >= 11 is 13.4. The largest absolute Gasteiger partial charge is 0.480 e. The van der Waals surface area contributed by atoms with Crippen LogP contribution >= 0.6 is 63.7 Å². The summed E-state index contributed by atoms with van der Waals surface area (Å²) in [6, 6.07) is 6.11. The Kier molecular flexibility index (Phi) is 5.47. The average molecular weight is 650 g/mol. The number of aliphatic carboxylic acids is 1. The number of nitrogens with zero attached hydrogens (tertiary/aromatic N) is 1. The number of nitrogens with one attached hydrogen (secondary N) is 1. The summed E-state index contributed by atoms with van der Waals surface area (Å²) in [7, 11) is 0. The van der Waals surface area contributed by atoms with Crippen LogP contribution in [0.5, 0.6) is 0 Å². The Hall–Kier alpha value is -1.49. The van der Waals surface area contributed by atoms with Gasteiger partial charge in [0.2, 0.25) is 0 Å². The van der Waals surface area contributed by atoms with Crippen LogP contribution in [-0.2, 0) is 11.2 Å². The molecule has 2 amide bonds. The van der Waals surface area contributed by atoms with Crippen LogP contribution in [0.25, 0.3) is 10.9 Å². The molecule has 29 heavy (non-hydrogen) atoms. The van der Waals surface area contributed by atoms with Gasteiger partial charge in [-0.2, -0.15) is 0 Å². The third kappa shape index (κ3) is 3.20. The molecular formula is C19H10Br4N2O4. The van der Waals surface area contributed by atoms with Crippen molar-refractivity contribution in [2.75, 3.05) is 0 Å². The summed E-state index contributed by atoms with van der Waals surface area (Å²) in [4.78, 5) is 42.3. The third-order valence-corrected chi connectivity index (χ3v) is 9.59. The van der Waals surface area contributed by atoms with Crippen LogP contribution < -0.4 is 0 Å².